The Hall–Kier alpha value is -2.82. The van der Waals surface area contributed by atoms with E-state index in [0.29, 0.717) is 22.5 Å². The number of rotatable bonds is 3. The number of hydrogen-bond acceptors (Lipinski definition) is 3. The molecule has 0 aliphatic heterocycles. The van der Waals surface area contributed by atoms with Gasteiger partial charge in [-0.2, -0.15) is 0 Å². The number of amides is 2. The lowest BCUT2D eigenvalue weighted by atomic mass is 10.1. The van der Waals surface area contributed by atoms with E-state index in [1.165, 1.54) is 6.07 Å². The molecule has 0 aromatic heterocycles. The fourth-order valence-corrected chi connectivity index (χ4v) is 1.65. The van der Waals surface area contributed by atoms with E-state index < -0.39 is 5.91 Å². The molecule has 2 rings (SSSR count). The summed E-state index contributed by atoms with van der Waals surface area (Å²) < 4.78 is 0. The van der Waals surface area contributed by atoms with Crippen molar-refractivity contribution >= 4 is 23.2 Å². The van der Waals surface area contributed by atoms with Gasteiger partial charge in [-0.1, -0.05) is 18.2 Å². The van der Waals surface area contributed by atoms with Crippen LogP contribution in [0.15, 0.2) is 48.5 Å². The van der Waals surface area contributed by atoms with E-state index in [4.69, 9.17) is 11.5 Å². The molecule has 2 amide bonds. The third kappa shape index (κ3) is 2.90. The van der Waals surface area contributed by atoms with Gasteiger partial charge >= 0.3 is 0 Å². The first kappa shape index (κ1) is 12.6. The van der Waals surface area contributed by atoms with E-state index in [2.05, 4.69) is 5.32 Å². The lowest BCUT2D eigenvalue weighted by Crippen LogP contribution is -2.15. The Balaban J connectivity index is 2.22. The number of anilines is 2. The summed E-state index contributed by atoms with van der Waals surface area (Å²) in [7, 11) is 0. The highest BCUT2D eigenvalue weighted by Crippen LogP contribution is 2.15. The lowest BCUT2D eigenvalue weighted by molar-refractivity contribution is 0.0996. The molecule has 0 radical (unpaired) electrons. The minimum absolute atomic E-state index is 0.332. The molecule has 96 valence electrons. The molecule has 0 fully saturated rings. The van der Waals surface area contributed by atoms with Crippen LogP contribution in [-0.4, -0.2) is 11.8 Å². The number of primary amides is 1. The molecule has 0 saturated heterocycles. The van der Waals surface area contributed by atoms with Crippen molar-refractivity contribution in [2.45, 2.75) is 0 Å². The first-order valence-corrected chi connectivity index (χ1v) is 5.63. The molecule has 0 spiro atoms. The number of benzene rings is 2. The van der Waals surface area contributed by atoms with E-state index in [-0.39, 0.29) is 5.91 Å². The summed E-state index contributed by atoms with van der Waals surface area (Å²) in [6.07, 6.45) is 0. The molecule has 2 aromatic rings. The second-order valence-corrected chi connectivity index (χ2v) is 3.99. The molecule has 0 aliphatic carbocycles. The van der Waals surface area contributed by atoms with Gasteiger partial charge in [-0.3, -0.25) is 9.59 Å². The van der Waals surface area contributed by atoms with Gasteiger partial charge in [-0.25, -0.2) is 0 Å². The Morgan fingerprint density at radius 3 is 2.42 bits per heavy atom. The fraction of sp³-hybridized carbons (Fsp3) is 0. The van der Waals surface area contributed by atoms with Crippen LogP contribution in [0.4, 0.5) is 11.4 Å². The van der Waals surface area contributed by atoms with Crippen LogP contribution in [0.2, 0.25) is 0 Å². The first-order chi connectivity index (χ1) is 9.08. The van der Waals surface area contributed by atoms with Crippen molar-refractivity contribution in [2.75, 3.05) is 11.1 Å². The van der Waals surface area contributed by atoms with Crippen molar-refractivity contribution in [2.24, 2.45) is 5.73 Å². The zero-order valence-electron chi connectivity index (χ0n) is 10.1. The summed E-state index contributed by atoms with van der Waals surface area (Å²) in [5.74, 6) is -0.880. The number of nitrogens with one attached hydrogen (secondary N) is 1. The smallest absolute Gasteiger partial charge is 0.257 e. The van der Waals surface area contributed by atoms with Gasteiger partial charge in [0, 0.05) is 16.9 Å². The standard InChI is InChI=1S/C14H13N3O2/c15-12-7-2-1-6-11(12)14(19)17-10-5-3-4-9(8-10)13(16)18/h1-8H,15H2,(H2,16,18)(H,17,19). The Labute approximate surface area is 110 Å². The van der Waals surface area contributed by atoms with Crippen molar-refractivity contribution < 1.29 is 9.59 Å². The number of hydrogen-bond donors (Lipinski definition) is 3. The van der Waals surface area contributed by atoms with E-state index in [1.807, 2.05) is 0 Å². The summed E-state index contributed by atoms with van der Waals surface area (Å²) in [6.45, 7) is 0. The Bertz CT molecular complexity index is 638. The molecule has 2 aromatic carbocycles. The van der Waals surface area contributed by atoms with Gasteiger partial charge in [0.2, 0.25) is 5.91 Å². The van der Waals surface area contributed by atoms with Gasteiger partial charge in [0.25, 0.3) is 5.91 Å². The predicted molar refractivity (Wildman–Crippen MR) is 73.8 cm³/mol. The Morgan fingerprint density at radius 2 is 1.74 bits per heavy atom. The molecule has 5 nitrogen and oxygen atoms in total. The molecule has 0 bridgehead atoms. The highest BCUT2D eigenvalue weighted by atomic mass is 16.2. The molecule has 19 heavy (non-hydrogen) atoms. The van der Waals surface area contributed by atoms with Crippen LogP contribution in [0, 0.1) is 0 Å². The summed E-state index contributed by atoms with van der Waals surface area (Å²) in [6, 6.07) is 13.2. The predicted octanol–water partition coefficient (Wildman–Crippen LogP) is 1.62. The van der Waals surface area contributed by atoms with Crippen molar-refractivity contribution in [1.29, 1.82) is 0 Å². The largest absolute Gasteiger partial charge is 0.398 e. The van der Waals surface area contributed by atoms with E-state index in [1.54, 1.807) is 42.5 Å². The highest BCUT2D eigenvalue weighted by molar-refractivity contribution is 6.08. The van der Waals surface area contributed by atoms with Crippen LogP contribution >= 0.6 is 0 Å². The SMILES string of the molecule is NC(=O)c1cccc(NC(=O)c2ccccc2N)c1. The Kier molecular flexibility index (Phi) is 3.47. The van der Waals surface area contributed by atoms with Crippen molar-refractivity contribution in [1.82, 2.24) is 0 Å². The van der Waals surface area contributed by atoms with Gasteiger partial charge in [0.1, 0.15) is 0 Å². The quantitative estimate of drug-likeness (QED) is 0.727. The van der Waals surface area contributed by atoms with Gasteiger partial charge in [-0.05, 0) is 30.3 Å². The molecular weight excluding hydrogens is 242 g/mol. The summed E-state index contributed by atoms with van der Waals surface area (Å²) in [4.78, 5) is 23.1. The topological polar surface area (TPSA) is 98.2 Å². The monoisotopic (exact) mass is 255 g/mol. The second kappa shape index (κ2) is 5.22. The van der Waals surface area contributed by atoms with Gasteiger partial charge in [0.05, 0.1) is 5.56 Å². The van der Waals surface area contributed by atoms with Gasteiger partial charge < -0.3 is 16.8 Å². The summed E-state index contributed by atoms with van der Waals surface area (Å²) >= 11 is 0. The maximum Gasteiger partial charge on any atom is 0.257 e. The number of nitrogen functional groups attached to an aromatic ring is 1. The molecule has 5 N–H and O–H groups in total. The number of carbonyl (C=O) groups excluding carboxylic acids is 2. The summed E-state index contributed by atoms with van der Waals surface area (Å²) in [5, 5.41) is 2.67. The van der Waals surface area contributed by atoms with Crippen molar-refractivity contribution in [3.05, 3.63) is 59.7 Å². The van der Waals surface area contributed by atoms with Crippen LogP contribution in [0.3, 0.4) is 0 Å². The normalized spacial score (nSPS) is 9.89. The maximum atomic E-state index is 12.0. The molecule has 0 atom stereocenters. The molecule has 5 heteroatoms. The van der Waals surface area contributed by atoms with Crippen LogP contribution in [0.5, 0.6) is 0 Å². The van der Waals surface area contributed by atoms with Crippen LogP contribution in [0.1, 0.15) is 20.7 Å². The third-order valence-electron chi connectivity index (χ3n) is 2.61. The molecule has 0 unspecified atom stereocenters. The van der Waals surface area contributed by atoms with Gasteiger partial charge in [0.15, 0.2) is 0 Å². The van der Waals surface area contributed by atoms with Crippen LogP contribution < -0.4 is 16.8 Å². The molecular formula is C14H13N3O2. The molecule has 0 heterocycles. The minimum Gasteiger partial charge on any atom is -0.398 e. The van der Waals surface area contributed by atoms with Gasteiger partial charge in [-0.15, -0.1) is 0 Å². The van der Waals surface area contributed by atoms with Crippen molar-refractivity contribution in [3.8, 4) is 0 Å². The van der Waals surface area contributed by atoms with Crippen molar-refractivity contribution in [3.63, 3.8) is 0 Å². The Morgan fingerprint density at radius 1 is 1.00 bits per heavy atom. The first-order valence-electron chi connectivity index (χ1n) is 5.63. The molecule has 0 saturated carbocycles. The number of nitrogens with two attached hydrogens (primary N) is 2. The van der Waals surface area contributed by atoms with E-state index in [0.717, 1.165) is 0 Å². The van der Waals surface area contributed by atoms with Crippen LogP contribution in [0.25, 0.3) is 0 Å². The second-order valence-electron chi connectivity index (χ2n) is 3.99. The lowest BCUT2D eigenvalue weighted by Gasteiger charge is -2.08. The highest BCUT2D eigenvalue weighted by Gasteiger charge is 2.09. The number of para-hydroxylation sites is 1. The average Bonchev–Trinajstić information content (AvgIpc) is 2.39. The fourth-order valence-electron chi connectivity index (χ4n) is 1.65. The zero-order chi connectivity index (χ0) is 13.8. The summed E-state index contributed by atoms with van der Waals surface area (Å²) in [5.41, 5.74) is 12.5. The average molecular weight is 255 g/mol. The van der Waals surface area contributed by atoms with E-state index in [9.17, 15) is 9.59 Å². The maximum absolute atomic E-state index is 12.0. The zero-order valence-corrected chi connectivity index (χ0v) is 10.1. The van der Waals surface area contributed by atoms with Crippen LogP contribution in [-0.2, 0) is 0 Å². The number of carbonyl (C=O) groups is 2. The molecule has 0 aliphatic rings. The third-order valence-corrected chi connectivity index (χ3v) is 2.61. The van der Waals surface area contributed by atoms with E-state index >= 15 is 0 Å². The minimum atomic E-state index is -0.546.